The summed E-state index contributed by atoms with van der Waals surface area (Å²) in [5.74, 6) is 2.01. The Hall–Kier alpha value is -3.01. The second-order valence-electron chi connectivity index (χ2n) is 9.71. The molecule has 2 saturated heterocycles. The third kappa shape index (κ3) is 5.95. The molecule has 4 heterocycles. The van der Waals surface area contributed by atoms with Gasteiger partial charge in [0.25, 0.3) is 0 Å². The molecule has 1 aromatic carbocycles. The van der Waals surface area contributed by atoms with Gasteiger partial charge < -0.3 is 14.4 Å². The smallest absolute Gasteiger partial charge is 0.243 e. The van der Waals surface area contributed by atoms with Crippen molar-refractivity contribution >= 4 is 15.8 Å². The number of hydrogen-bond acceptors (Lipinski definition) is 7. The zero-order chi connectivity index (χ0) is 25.7. The number of aromatic nitrogens is 2. The molecule has 0 N–H and O–H groups in total. The molecule has 5 rings (SSSR count). The highest BCUT2D eigenvalue weighted by atomic mass is 32.2. The molecule has 0 amide bonds. The van der Waals surface area contributed by atoms with Gasteiger partial charge in [-0.1, -0.05) is 24.3 Å². The maximum Gasteiger partial charge on any atom is 0.243 e. The van der Waals surface area contributed by atoms with Gasteiger partial charge in [-0.2, -0.15) is 4.31 Å². The number of benzene rings is 1. The van der Waals surface area contributed by atoms with Crippen molar-refractivity contribution in [2.75, 3.05) is 38.3 Å². The standard InChI is InChI=1S/C28H34N4O4S/c1-35-27-11-12-28(30-26(27)17-22-13-16-36-21-22)32(19-23-7-5-14-29-18-23)24-8-6-15-31(20-24)37(33,34)25-9-3-2-4-10-25/h2-5,7,9-12,14,18,22,24H,6,8,13,15-17,19-21H2,1H3/t22-,24?/m0/s1. The van der Waals surface area contributed by atoms with Gasteiger partial charge in [0, 0.05) is 51.3 Å². The third-order valence-electron chi connectivity index (χ3n) is 7.19. The Bertz CT molecular complexity index is 1270. The summed E-state index contributed by atoms with van der Waals surface area (Å²) in [6.45, 7) is 3.02. The zero-order valence-electron chi connectivity index (χ0n) is 21.2. The first-order chi connectivity index (χ1) is 18.0. The maximum absolute atomic E-state index is 13.4. The Morgan fingerprint density at radius 2 is 1.97 bits per heavy atom. The molecule has 3 aromatic rings. The van der Waals surface area contributed by atoms with E-state index in [1.54, 1.807) is 41.9 Å². The molecule has 0 saturated carbocycles. The highest BCUT2D eigenvalue weighted by Gasteiger charge is 2.34. The van der Waals surface area contributed by atoms with E-state index in [2.05, 4.69) is 9.88 Å². The fourth-order valence-corrected chi connectivity index (χ4v) is 6.74. The van der Waals surface area contributed by atoms with Crippen LogP contribution in [-0.4, -0.2) is 62.1 Å². The summed E-state index contributed by atoms with van der Waals surface area (Å²) >= 11 is 0. The van der Waals surface area contributed by atoms with E-state index in [0.717, 1.165) is 61.7 Å². The normalized spacial score (nSPS) is 20.6. The van der Waals surface area contributed by atoms with Crippen molar-refractivity contribution in [3.8, 4) is 5.75 Å². The molecule has 2 aliphatic heterocycles. The van der Waals surface area contributed by atoms with Crippen LogP contribution in [0.5, 0.6) is 5.75 Å². The first-order valence-electron chi connectivity index (χ1n) is 12.9. The number of piperidine rings is 1. The molecule has 9 heteroatoms. The lowest BCUT2D eigenvalue weighted by Gasteiger charge is -2.39. The van der Waals surface area contributed by atoms with E-state index >= 15 is 0 Å². The van der Waals surface area contributed by atoms with Gasteiger partial charge in [0.15, 0.2) is 0 Å². The van der Waals surface area contributed by atoms with E-state index in [1.165, 1.54) is 0 Å². The van der Waals surface area contributed by atoms with Crippen LogP contribution < -0.4 is 9.64 Å². The molecule has 1 unspecified atom stereocenters. The highest BCUT2D eigenvalue weighted by Crippen LogP contribution is 2.31. The third-order valence-corrected chi connectivity index (χ3v) is 9.07. The van der Waals surface area contributed by atoms with Crippen LogP contribution in [0.4, 0.5) is 5.82 Å². The molecule has 0 aliphatic carbocycles. The van der Waals surface area contributed by atoms with Crippen molar-refractivity contribution in [2.45, 2.75) is 43.2 Å². The van der Waals surface area contributed by atoms with Crippen LogP contribution in [0.2, 0.25) is 0 Å². The predicted molar refractivity (Wildman–Crippen MR) is 142 cm³/mol. The van der Waals surface area contributed by atoms with Gasteiger partial charge in [0.1, 0.15) is 11.6 Å². The van der Waals surface area contributed by atoms with Crippen molar-refractivity contribution in [2.24, 2.45) is 5.92 Å². The van der Waals surface area contributed by atoms with Crippen molar-refractivity contribution in [1.29, 1.82) is 0 Å². The van der Waals surface area contributed by atoms with Gasteiger partial charge in [-0.15, -0.1) is 0 Å². The fraction of sp³-hybridized carbons (Fsp3) is 0.429. The van der Waals surface area contributed by atoms with E-state index in [0.29, 0.717) is 30.4 Å². The maximum atomic E-state index is 13.4. The molecule has 37 heavy (non-hydrogen) atoms. The Kier molecular flexibility index (Phi) is 8.02. The van der Waals surface area contributed by atoms with Gasteiger partial charge >= 0.3 is 0 Å². The van der Waals surface area contributed by atoms with Gasteiger partial charge in [-0.3, -0.25) is 4.98 Å². The molecule has 2 aromatic heterocycles. The Labute approximate surface area is 219 Å². The SMILES string of the molecule is COc1ccc(N(Cc2cccnc2)C2CCCN(S(=O)(=O)c3ccccc3)C2)nc1C[C@@H]1CCOC1. The topological polar surface area (TPSA) is 84.9 Å². The van der Waals surface area contributed by atoms with Gasteiger partial charge in [0.05, 0.1) is 17.7 Å². The van der Waals surface area contributed by atoms with Crippen LogP contribution in [0.3, 0.4) is 0 Å². The number of sulfonamides is 1. The summed E-state index contributed by atoms with van der Waals surface area (Å²) in [6, 6.07) is 16.6. The molecular formula is C28H34N4O4S. The average molecular weight is 523 g/mol. The Morgan fingerprint density at radius 3 is 2.70 bits per heavy atom. The number of rotatable bonds is 9. The number of hydrogen-bond donors (Lipinski definition) is 0. The highest BCUT2D eigenvalue weighted by molar-refractivity contribution is 7.89. The van der Waals surface area contributed by atoms with Gasteiger partial charge in [-0.25, -0.2) is 13.4 Å². The zero-order valence-corrected chi connectivity index (χ0v) is 22.0. The summed E-state index contributed by atoms with van der Waals surface area (Å²) in [5.41, 5.74) is 1.96. The number of nitrogens with zero attached hydrogens (tertiary/aromatic N) is 4. The van der Waals surface area contributed by atoms with Crippen molar-refractivity contribution in [3.05, 3.63) is 78.2 Å². The second-order valence-corrected chi connectivity index (χ2v) is 11.7. The van der Waals surface area contributed by atoms with Crippen LogP contribution in [0.1, 0.15) is 30.5 Å². The molecule has 0 radical (unpaired) electrons. The second kappa shape index (κ2) is 11.6. The summed E-state index contributed by atoms with van der Waals surface area (Å²) in [4.78, 5) is 11.9. The molecule has 8 nitrogen and oxygen atoms in total. The summed E-state index contributed by atoms with van der Waals surface area (Å²) in [5, 5.41) is 0. The quantitative estimate of drug-likeness (QED) is 0.421. The molecule has 196 valence electrons. The summed E-state index contributed by atoms with van der Waals surface area (Å²) in [6.07, 6.45) is 7.08. The van der Waals surface area contributed by atoms with Crippen LogP contribution in [-0.2, 0) is 27.7 Å². The fourth-order valence-electron chi connectivity index (χ4n) is 5.21. The Balaban J connectivity index is 1.46. The molecule has 2 fully saturated rings. The van der Waals surface area contributed by atoms with Crippen LogP contribution in [0.25, 0.3) is 0 Å². The molecule has 2 atom stereocenters. The molecule has 0 bridgehead atoms. The number of ether oxygens (including phenoxy) is 2. The summed E-state index contributed by atoms with van der Waals surface area (Å²) < 4.78 is 39.7. The van der Waals surface area contributed by atoms with Crippen molar-refractivity contribution in [1.82, 2.24) is 14.3 Å². The molecular weight excluding hydrogens is 488 g/mol. The minimum Gasteiger partial charge on any atom is -0.495 e. The first kappa shape index (κ1) is 25.6. The lowest BCUT2D eigenvalue weighted by molar-refractivity contribution is 0.185. The average Bonchev–Trinajstić information content (AvgIpc) is 3.46. The monoisotopic (exact) mass is 522 g/mol. The molecule has 2 aliphatic rings. The van der Waals surface area contributed by atoms with Crippen LogP contribution >= 0.6 is 0 Å². The number of methoxy groups -OCH3 is 1. The largest absolute Gasteiger partial charge is 0.495 e. The van der Waals surface area contributed by atoms with Crippen LogP contribution in [0.15, 0.2) is 71.9 Å². The van der Waals surface area contributed by atoms with Gasteiger partial charge in [-0.05, 0) is 67.5 Å². The number of anilines is 1. The Morgan fingerprint density at radius 1 is 1.11 bits per heavy atom. The van der Waals surface area contributed by atoms with E-state index in [9.17, 15) is 8.42 Å². The molecule has 0 spiro atoms. The minimum atomic E-state index is -3.58. The number of pyridine rings is 2. The van der Waals surface area contributed by atoms with Crippen molar-refractivity contribution < 1.29 is 17.9 Å². The van der Waals surface area contributed by atoms with E-state index in [4.69, 9.17) is 14.5 Å². The van der Waals surface area contributed by atoms with E-state index in [-0.39, 0.29) is 6.04 Å². The van der Waals surface area contributed by atoms with Crippen molar-refractivity contribution in [3.63, 3.8) is 0 Å². The summed E-state index contributed by atoms with van der Waals surface area (Å²) in [7, 11) is -1.91. The van der Waals surface area contributed by atoms with Gasteiger partial charge in [0.2, 0.25) is 10.0 Å². The van der Waals surface area contributed by atoms with Crippen LogP contribution in [0, 0.1) is 5.92 Å². The van der Waals surface area contributed by atoms with E-state index < -0.39 is 10.0 Å². The first-order valence-corrected chi connectivity index (χ1v) is 14.3. The lowest BCUT2D eigenvalue weighted by atomic mass is 10.0. The predicted octanol–water partition coefficient (Wildman–Crippen LogP) is 3.92. The minimum absolute atomic E-state index is 0.0315. The van der Waals surface area contributed by atoms with E-state index in [1.807, 2.05) is 36.5 Å². The lowest BCUT2D eigenvalue weighted by Crippen LogP contribution is -2.50.